The molecule has 1 N–H and O–H groups in total. The summed E-state index contributed by atoms with van der Waals surface area (Å²) in [5.41, 5.74) is -2.66. The van der Waals surface area contributed by atoms with Crippen molar-refractivity contribution in [3.63, 3.8) is 0 Å². The molecule has 84 valence electrons. The number of hydrogen-bond donors (Lipinski definition) is 1. The van der Waals surface area contributed by atoms with Crippen molar-refractivity contribution in [2.75, 3.05) is 0 Å². The van der Waals surface area contributed by atoms with Crippen LogP contribution in [0.2, 0.25) is 0 Å². The van der Waals surface area contributed by atoms with Gasteiger partial charge in [-0.3, -0.25) is 4.98 Å². The summed E-state index contributed by atoms with van der Waals surface area (Å²) in [4.78, 5) is 23.2. The molecule has 0 unspecified atom stereocenters. The van der Waals surface area contributed by atoms with E-state index in [1.54, 1.807) is 4.98 Å². The number of benzene rings is 1. The third-order valence-corrected chi connectivity index (χ3v) is 1.88. The highest BCUT2D eigenvalue weighted by Crippen LogP contribution is 2.21. The molecule has 1 aromatic carbocycles. The Balaban J connectivity index is 3.21. The number of aromatic nitrogens is 1. The second-order valence-electron chi connectivity index (χ2n) is 2.81. The largest absolute Gasteiger partial charge is 0.419 e. The van der Waals surface area contributed by atoms with Gasteiger partial charge in [-0.15, -0.1) is 0 Å². The fourth-order valence-corrected chi connectivity index (χ4v) is 1.20. The SMILES string of the molecule is O=c1[nH]c2c(F)c(F)c(F)c(F)c2c(=O)o1. The first-order valence-electron chi connectivity index (χ1n) is 3.82. The van der Waals surface area contributed by atoms with E-state index in [0.717, 1.165) is 0 Å². The van der Waals surface area contributed by atoms with Gasteiger partial charge < -0.3 is 4.42 Å². The van der Waals surface area contributed by atoms with Gasteiger partial charge in [0.1, 0.15) is 10.9 Å². The summed E-state index contributed by atoms with van der Waals surface area (Å²) in [7, 11) is 0. The van der Waals surface area contributed by atoms with Crippen molar-refractivity contribution in [2.45, 2.75) is 0 Å². The number of aromatic amines is 1. The lowest BCUT2D eigenvalue weighted by Gasteiger charge is -2.01. The van der Waals surface area contributed by atoms with E-state index in [0.29, 0.717) is 0 Å². The minimum atomic E-state index is -2.15. The number of fused-ring (bicyclic) bond motifs is 1. The molecule has 0 aliphatic heterocycles. The molecule has 16 heavy (non-hydrogen) atoms. The molecular formula is C8HF4NO3. The molecule has 0 amide bonds. The van der Waals surface area contributed by atoms with Crippen LogP contribution in [0, 0.1) is 23.3 Å². The third kappa shape index (κ3) is 1.23. The highest BCUT2D eigenvalue weighted by Gasteiger charge is 2.23. The average molecular weight is 235 g/mol. The first-order valence-corrected chi connectivity index (χ1v) is 3.82. The first-order chi connectivity index (χ1) is 7.43. The fourth-order valence-electron chi connectivity index (χ4n) is 1.20. The smallest absolute Gasteiger partial charge is 0.372 e. The topological polar surface area (TPSA) is 63.1 Å². The normalized spacial score (nSPS) is 11.0. The van der Waals surface area contributed by atoms with Gasteiger partial charge in [-0.2, -0.15) is 0 Å². The van der Waals surface area contributed by atoms with Crippen LogP contribution in [0.15, 0.2) is 14.0 Å². The maximum absolute atomic E-state index is 13.1. The molecule has 2 aromatic rings. The highest BCUT2D eigenvalue weighted by molar-refractivity contribution is 5.78. The number of nitrogens with one attached hydrogen (secondary N) is 1. The van der Waals surface area contributed by atoms with E-state index in [1.807, 2.05) is 0 Å². The third-order valence-electron chi connectivity index (χ3n) is 1.88. The molecule has 1 heterocycles. The first kappa shape index (κ1) is 10.4. The van der Waals surface area contributed by atoms with Gasteiger partial charge in [-0.05, 0) is 0 Å². The molecule has 4 nitrogen and oxygen atoms in total. The van der Waals surface area contributed by atoms with Crippen molar-refractivity contribution in [1.29, 1.82) is 0 Å². The fraction of sp³-hybridized carbons (Fsp3) is 0. The molecule has 0 aliphatic rings. The molecule has 0 radical (unpaired) electrons. The zero-order valence-corrected chi connectivity index (χ0v) is 7.24. The van der Waals surface area contributed by atoms with Gasteiger partial charge in [-0.25, -0.2) is 27.2 Å². The summed E-state index contributed by atoms with van der Waals surface area (Å²) in [6.45, 7) is 0. The molecule has 8 heteroatoms. The van der Waals surface area contributed by atoms with Gasteiger partial charge in [0, 0.05) is 0 Å². The number of rotatable bonds is 0. The van der Waals surface area contributed by atoms with E-state index in [-0.39, 0.29) is 0 Å². The number of halogens is 4. The predicted molar refractivity (Wildman–Crippen MR) is 42.9 cm³/mol. The van der Waals surface area contributed by atoms with E-state index in [9.17, 15) is 27.2 Å². The molecular weight excluding hydrogens is 234 g/mol. The van der Waals surface area contributed by atoms with Crippen molar-refractivity contribution < 1.29 is 22.0 Å². The van der Waals surface area contributed by atoms with E-state index in [4.69, 9.17) is 0 Å². The second-order valence-corrected chi connectivity index (χ2v) is 2.81. The quantitative estimate of drug-likeness (QED) is 0.421. The number of hydrogen-bond acceptors (Lipinski definition) is 3. The van der Waals surface area contributed by atoms with Gasteiger partial charge in [0.05, 0.1) is 0 Å². The molecule has 0 spiro atoms. The van der Waals surface area contributed by atoms with Gasteiger partial charge in [0.25, 0.3) is 0 Å². The van der Waals surface area contributed by atoms with E-state index in [2.05, 4.69) is 4.42 Å². The molecule has 0 aliphatic carbocycles. The zero-order valence-electron chi connectivity index (χ0n) is 7.24. The Kier molecular flexibility index (Phi) is 2.07. The van der Waals surface area contributed by atoms with Crippen molar-refractivity contribution in [2.24, 2.45) is 0 Å². The average Bonchev–Trinajstić information content (AvgIpc) is 2.22. The lowest BCUT2D eigenvalue weighted by molar-refractivity contribution is 0.407. The van der Waals surface area contributed by atoms with Gasteiger partial charge in [0.2, 0.25) is 0 Å². The second kappa shape index (κ2) is 3.19. The Bertz CT molecular complexity index is 703. The molecule has 0 saturated heterocycles. The summed E-state index contributed by atoms with van der Waals surface area (Å²) in [6, 6.07) is 0. The maximum atomic E-state index is 13.1. The summed E-state index contributed by atoms with van der Waals surface area (Å²) in [6.07, 6.45) is 0. The summed E-state index contributed by atoms with van der Waals surface area (Å²) in [5, 5.41) is -1.18. The van der Waals surface area contributed by atoms with E-state index in [1.165, 1.54) is 0 Å². The Labute approximate surface area is 83.1 Å². The van der Waals surface area contributed by atoms with Crippen LogP contribution in [0.1, 0.15) is 0 Å². The van der Waals surface area contributed by atoms with Crippen LogP contribution in [0.25, 0.3) is 10.9 Å². The van der Waals surface area contributed by atoms with Crippen molar-refractivity contribution in [3.8, 4) is 0 Å². The minimum Gasteiger partial charge on any atom is -0.372 e. The van der Waals surface area contributed by atoms with Crippen LogP contribution in [-0.2, 0) is 0 Å². The Morgan fingerprint density at radius 3 is 2.06 bits per heavy atom. The lowest BCUT2D eigenvalue weighted by atomic mass is 10.2. The Morgan fingerprint density at radius 1 is 0.875 bits per heavy atom. The van der Waals surface area contributed by atoms with Crippen LogP contribution < -0.4 is 11.4 Å². The van der Waals surface area contributed by atoms with Crippen LogP contribution in [0.4, 0.5) is 17.6 Å². The summed E-state index contributed by atoms with van der Waals surface area (Å²) < 4.78 is 55.5. The monoisotopic (exact) mass is 235 g/mol. The standard InChI is InChI=1S/C8HF4NO3/c9-2-1-6(5(12)4(11)3(2)10)13-8(15)16-7(1)14/h(H,13,15). The Morgan fingerprint density at radius 2 is 1.44 bits per heavy atom. The molecule has 0 fully saturated rings. The molecule has 0 saturated carbocycles. The van der Waals surface area contributed by atoms with E-state index < -0.39 is 45.6 Å². The van der Waals surface area contributed by atoms with E-state index >= 15 is 0 Å². The summed E-state index contributed by atoms with van der Waals surface area (Å²) >= 11 is 0. The molecule has 0 atom stereocenters. The van der Waals surface area contributed by atoms with Gasteiger partial charge in [-0.1, -0.05) is 0 Å². The van der Waals surface area contributed by atoms with Crippen molar-refractivity contribution in [1.82, 2.24) is 4.98 Å². The molecule has 1 aromatic heterocycles. The van der Waals surface area contributed by atoms with Crippen molar-refractivity contribution >= 4 is 10.9 Å². The highest BCUT2D eigenvalue weighted by atomic mass is 19.2. The molecule has 0 bridgehead atoms. The van der Waals surface area contributed by atoms with Crippen LogP contribution in [0.3, 0.4) is 0 Å². The van der Waals surface area contributed by atoms with Crippen LogP contribution in [-0.4, -0.2) is 4.98 Å². The van der Waals surface area contributed by atoms with Gasteiger partial charge >= 0.3 is 11.4 Å². The van der Waals surface area contributed by atoms with Crippen molar-refractivity contribution in [3.05, 3.63) is 44.2 Å². The number of H-pyrrole nitrogens is 1. The maximum Gasteiger partial charge on any atom is 0.419 e. The minimum absolute atomic E-state index is 1.07. The Hall–Kier alpha value is -2.12. The van der Waals surface area contributed by atoms with Crippen LogP contribution >= 0.6 is 0 Å². The molecule has 2 rings (SSSR count). The van der Waals surface area contributed by atoms with Crippen LogP contribution in [0.5, 0.6) is 0 Å². The van der Waals surface area contributed by atoms with Gasteiger partial charge in [0.15, 0.2) is 23.3 Å². The predicted octanol–water partition coefficient (Wildman–Crippen LogP) is 1.04. The lowest BCUT2D eigenvalue weighted by Crippen LogP contribution is -2.18. The zero-order chi connectivity index (χ0) is 12.0. The summed E-state index contributed by atoms with van der Waals surface area (Å²) in [5.74, 6) is -9.45.